The molecule has 0 unspecified atom stereocenters. The molecule has 0 atom stereocenters. The zero-order chi connectivity index (χ0) is 18.5. The van der Waals surface area contributed by atoms with E-state index in [0.29, 0.717) is 27.8 Å². The summed E-state index contributed by atoms with van der Waals surface area (Å²) in [6.07, 6.45) is 2.86. The number of carbonyl (C=O) groups is 1. The van der Waals surface area contributed by atoms with Crippen LogP contribution in [0.15, 0.2) is 71.2 Å². The van der Waals surface area contributed by atoms with E-state index in [1.807, 2.05) is 0 Å². The number of amides is 1. The van der Waals surface area contributed by atoms with E-state index in [0.717, 1.165) is 0 Å². The number of furan rings is 1. The number of anilines is 1. The SMILES string of the molecule is O=C(C=Cc1ccc(-c2cccc([N+](=O)[O-])c2)o1)Nc1ccc(Cl)cc1. The van der Waals surface area contributed by atoms with Crippen molar-refractivity contribution in [1.82, 2.24) is 0 Å². The lowest BCUT2D eigenvalue weighted by atomic mass is 10.1. The van der Waals surface area contributed by atoms with E-state index in [4.69, 9.17) is 16.0 Å². The number of non-ortho nitro benzene ring substituents is 1. The number of nitro benzene ring substituents is 1. The van der Waals surface area contributed by atoms with Gasteiger partial charge in [0, 0.05) is 34.5 Å². The molecule has 0 bridgehead atoms. The Labute approximate surface area is 153 Å². The van der Waals surface area contributed by atoms with Crippen molar-refractivity contribution in [3.8, 4) is 11.3 Å². The molecule has 0 radical (unpaired) electrons. The average molecular weight is 369 g/mol. The Balaban J connectivity index is 1.68. The predicted octanol–water partition coefficient (Wildman–Crippen LogP) is 5.16. The van der Waals surface area contributed by atoms with Gasteiger partial charge in [0.25, 0.3) is 5.69 Å². The first-order valence-corrected chi connectivity index (χ1v) is 7.98. The van der Waals surface area contributed by atoms with Crippen molar-refractivity contribution in [3.05, 3.63) is 87.6 Å². The highest BCUT2D eigenvalue weighted by Crippen LogP contribution is 2.26. The molecule has 7 heteroatoms. The van der Waals surface area contributed by atoms with Gasteiger partial charge in [0.1, 0.15) is 11.5 Å². The average Bonchev–Trinajstić information content (AvgIpc) is 3.11. The van der Waals surface area contributed by atoms with Gasteiger partial charge in [-0.2, -0.15) is 0 Å². The number of hydrogen-bond donors (Lipinski definition) is 1. The summed E-state index contributed by atoms with van der Waals surface area (Å²) in [6.45, 7) is 0. The van der Waals surface area contributed by atoms with Crippen LogP contribution in [0.3, 0.4) is 0 Å². The molecule has 0 saturated heterocycles. The first kappa shape index (κ1) is 17.4. The van der Waals surface area contributed by atoms with Gasteiger partial charge in [0.2, 0.25) is 5.91 Å². The second-order valence-electron chi connectivity index (χ2n) is 5.34. The molecule has 0 saturated carbocycles. The Kier molecular flexibility index (Phi) is 5.15. The molecule has 3 aromatic rings. The molecular formula is C19H13ClN2O4. The first-order valence-electron chi connectivity index (χ1n) is 7.60. The highest BCUT2D eigenvalue weighted by atomic mass is 35.5. The van der Waals surface area contributed by atoms with Crippen LogP contribution in [-0.2, 0) is 4.79 Å². The summed E-state index contributed by atoms with van der Waals surface area (Å²) in [6, 6.07) is 16.3. The number of nitro groups is 1. The summed E-state index contributed by atoms with van der Waals surface area (Å²) in [5.74, 6) is 0.616. The maximum absolute atomic E-state index is 11.9. The molecule has 1 heterocycles. The quantitative estimate of drug-likeness (QED) is 0.383. The van der Waals surface area contributed by atoms with Crippen molar-refractivity contribution in [1.29, 1.82) is 0 Å². The van der Waals surface area contributed by atoms with Crippen LogP contribution < -0.4 is 5.32 Å². The van der Waals surface area contributed by atoms with Crippen LogP contribution in [0.2, 0.25) is 5.02 Å². The molecule has 0 aliphatic carbocycles. The normalized spacial score (nSPS) is 10.8. The fourth-order valence-corrected chi connectivity index (χ4v) is 2.37. The lowest BCUT2D eigenvalue weighted by Crippen LogP contribution is -2.07. The summed E-state index contributed by atoms with van der Waals surface area (Å²) in [4.78, 5) is 22.3. The zero-order valence-corrected chi connectivity index (χ0v) is 14.1. The zero-order valence-electron chi connectivity index (χ0n) is 13.4. The standard InChI is InChI=1S/C19H13ClN2O4/c20-14-4-6-15(7-5-14)21-19(23)11-9-17-8-10-18(26-17)13-2-1-3-16(12-13)22(24)25/h1-12H,(H,21,23). The molecule has 26 heavy (non-hydrogen) atoms. The molecule has 1 N–H and O–H groups in total. The van der Waals surface area contributed by atoms with Gasteiger partial charge in [-0.3, -0.25) is 14.9 Å². The van der Waals surface area contributed by atoms with Crippen LogP contribution >= 0.6 is 11.6 Å². The van der Waals surface area contributed by atoms with Gasteiger partial charge in [0.15, 0.2) is 0 Å². The number of nitrogens with one attached hydrogen (secondary N) is 1. The van der Waals surface area contributed by atoms with Crippen molar-refractivity contribution in [2.24, 2.45) is 0 Å². The number of nitrogens with zero attached hydrogens (tertiary/aromatic N) is 1. The maximum atomic E-state index is 11.9. The molecule has 130 valence electrons. The van der Waals surface area contributed by atoms with Crippen LogP contribution in [0.5, 0.6) is 0 Å². The Morgan fingerprint density at radius 3 is 2.62 bits per heavy atom. The van der Waals surface area contributed by atoms with Crippen molar-refractivity contribution in [3.63, 3.8) is 0 Å². The molecule has 1 amide bonds. The van der Waals surface area contributed by atoms with Crippen molar-refractivity contribution < 1.29 is 14.1 Å². The summed E-state index contributed by atoms with van der Waals surface area (Å²) in [5.41, 5.74) is 1.20. The van der Waals surface area contributed by atoms with E-state index in [1.165, 1.54) is 24.3 Å². The second kappa shape index (κ2) is 7.67. The summed E-state index contributed by atoms with van der Waals surface area (Å²) in [7, 11) is 0. The van der Waals surface area contributed by atoms with Crippen molar-refractivity contribution in [2.75, 3.05) is 5.32 Å². The Hall–Kier alpha value is -3.38. The molecule has 0 aliphatic heterocycles. The second-order valence-corrected chi connectivity index (χ2v) is 5.78. The minimum absolute atomic E-state index is 0.0154. The molecule has 0 fully saturated rings. The minimum atomic E-state index is -0.464. The third-order valence-electron chi connectivity index (χ3n) is 3.48. The molecular weight excluding hydrogens is 356 g/mol. The maximum Gasteiger partial charge on any atom is 0.270 e. The molecule has 1 aromatic heterocycles. The van der Waals surface area contributed by atoms with Gasteiger partial charge < -0.3 is 9.73 Å². The fraction of sp³-hybridized carbons (Fsp3) is 0. The summed E-state index contributed by atoms with van der Waals surface area (Å²) < 4.78 is 5.61. The van der Waals surface area contributed by atoms with Gasteiger partial charge in [0.05, 0.1) is 4.92 Å². The highest BCUT2D eigenvalue weighted by Gasteiger charge is 2.09. The van der Waals surface area contributed by atoms with Gasteiger partial charge in [-0.15, -0.1) is 0 Å². The fourth-order valence-electron chi connectivity index (χ4n) is 2.25. The first-order chi connectivity index (χ1) is 12.5. The Morgan fingerprint density at radius 1 is 1.12 bits per heavy atom. The minimum Gasteiger partial charge on any atom is -0.457 e. The summed E-state index contributed by atoms with van der Waals surface area (Å²) in [5, 5.41) is 14.1. The van der Waals surface area contributed by atoms with Crippen LogP contribution in [0.4, 0.5) is 11.4 Å². The van der Waals surface area contributed by atoms with Crippen molar-refractivity contribution >= 4 is 35.0 Å². The van der Waals surface area contributed by atoms with Gasteiger partial charge in [-0.25, -0.2) is 0 Å². The number of hydrogen-bond acceptors (Lipinski definition) is 4. The third kappa shape index (κ3) is 4.37. The van der Waals surface area contributed by atoms with Crippen LogP contribution in [-0.4, -0.2) is 10.8 Å². The molecule has 0 spiro atoms. The van der Waals surface area contributed by atoms with Crippen LogP contribution in [0, 0.1) is 10.1 Å². The van der Waals surface area contributed by atoms with Gasteiger partial charge >= 0.3 is 0 Å². The van der Waals surface area contributed by atoms with Gasteiger partial charge in [-0.05, 0) is 42.5 Å². The molecule has 2 aromatic carbocycles. The number of carbonyl (C=O) groups excluding carboxylic acids is 1. The molecule has 3 rings (SSSR count). The smallest absolute Gasteiger partial charge is 0.270 e. The van der Waals surface area contributed by atoms with Gasteiger partial charge in [-0.1, -0.05) is 23.7 Å². The van der Waals surface area contributed by atoms with E-state index < -0.39 is 4.92 Å². The summed E-state index contributed by atoms with van der Waals surface area (Å²) >= 11 is 5.79. The lowest BCUT2D eigenvalue weighted by Gasteiger charge is -2.01. The monoisotopic (exact) mass is 368 g/mol. The molecule has 0 aliphatic rings. The van der Waals surface area contributed by atoms with Crippen molar-refractivity contribution in [2.45, 2.75) is 0 Å². The number of halogens is 1. The number of benzene rings is 2. The predicted molar refractivity (Wildman–Crippen MR) is 99.9 cm³/mol. The highest BCUT2D eigenvalue weighted by molar-refractivity contribution is 6.30. The van der Waals surface area contributed by atoms with E-state index in [1.54, 1.807) is 48.5 Å². The largest absolute Gasteiger partial charge is 0.457 e. The van der Waals surface area contributed by atoms with E-state index >= 15 is 0 Å². The van der Waals surface area contributed by atoms with Crippen LogP contribution in [0.25, 0.3) is 17.4 Å². The van der Waals surface area contributed by atoms with E-state index in [2.05, 4.69) is 5.32 Å². The third-order valence-corrected chi connectivity index (χ3v) is 3.73. The Bertz CT molecular complexity index is 977. The van der Waals surface area contributed by atoms with E-state index in [9.17, 15) is 14.9 Å². The number of rotatable bonds is 5. The Morgan fingerprint density at radius 2 is 1.88 bits per heavy atom. The van der Waals surface area contributed by atoms with E-state index in [-0.39, 0.29) is 11.6 Å². The van der Waals surface area contributed by atoms with Crippen LogP contribution in [0.1, 0.15) is 5.76 Å². The lowest BCUT2D eigenvalue weighted by molar-refractivity contribution is -0.384. The molecule has 6 nitrogen and oxygen atoms in total. The topological polar surface area (TPSA) is 85.4 Å².